The molecule has 0 aliphatic rings. The van der Waals surface area contributed by atoms with Crippen LogP contribution < -0.4 is 11.5 Å². The van der Waals surface area contributed by atoms with Crippen LogP contribution in [0.25, 0.3) is 0 Å². The lowest BCUT2D eigenvalue weighted by molar-refractivity contribution is 0.0988. The Hall–Kier alpha value is -1.88. The summed E-state index contributed by atoms with van der Waals surface area (Å²) in [5, 5.41) is 0. The van der Waals surface area contributed by atoms with Gasteiger partial charge in [-0.3, -0.25) is 9.59 Å². The first-order valence-electron chi connectivity index (χ1n) is 3.31. The van der Waals surface area contributed by atoms with Crippen LogP contribution in [0, 0.1) is 0 Å². The molecule has 0 aliphatic heterocycles. The number of carbonyl (C=O) groups excluding carboxylic acids is 2. The fourth-order valence-corrected chi connectivity index (χ4v) is 0.799. The number of rotatable bonds is 2. The van der Waals surface area contributed by atoms with Crippen molar-refractivity contribution in [2.24, 2.45) is 11.5 Å². The van der Waals surface area contributed by atoms with E-state index >= 15 is 0 Å². The molecule has 0 bridgehead atoms. The summed E-state index contributed by atoms with van der Waals surface area (Å²) in [5.74, 6) is -1.04. The Labute approximate surface area is 74.6 Å². The minimum atomic E-state index is -0.522. The Balaban J connectivity index is 0.00000144. The molecule has 5 nitrogen and oxygen atoms in total. The molecule has 0 aliphatic carbocycles. The molecule has 2 amide bonds. The SMILES string of the molecule is NC(=O)c1ccc(C(N)=O)cc1.O. The number of hydrogen-bond donors (Lipinski definition) is 2. The molecule has 6 N–H and O–H groups in total. The molecule has 0 fully saturated rings. The lowest BCUT2D eigenvalue weighted by Gasteiger charge is -1.96. The van der Waals surface area contributed by atoms with Crippen molar-refractivity contribution in [2.75, 3.05) is 0 Å². The van der Waals surface area contributed by atoms with Gasteiger partial charge in [0.05, 0.1) is 0 Å². The average molecular weight is 182 g/mol. The molecule has 13 heavy (non-hydrogen) atoms. The van der Waals surface area contributed by atoms with E-state index in [1.54, 1.807) is 0 Å². The molecule has 0 radical (unpaired) electrons. The van der Waals surface area contributed by atoms with E-state index in [2.05, 4.69) is 0 Å². The van der Waals surface area contributed by atoms with Crippen molar-refractivity contribution < 1.29 is 15.1 Å². The van der Waals surface area contributed by atoms with Gasteiger partial charge in [-0.2, -0.15) is 0 Å². The van der Waals surface area contributed by atoms with Crippen molar-refractivity contribution in [1.29, 1.82) is 0 Å². The third-order valence-electron chi connectivity index (χ3n) is 1.45. The molecule has 0 unspecified atom stereocenters. The van der Waals surface area contributed by atoms with Crippen LogP contribution in [0.3, 0.4) is 0 Å². The van der Waals surface area contributed by atoms with E-state index in [9.17, 15) is 9.59 Å². The van der Waals surface area contributed by atoms with Gasteiger partial charge in [-0.1, -0.05) is 0 Å². The average Bonchev–Trinajstić information content (AvgIpc) is 2.04. The van der Waals surface area contributed by atoms with Gasteiger partial charge in [0.25, 0.3) is 0 Å². The lowest BCUT2D eigenvalue weighted by atomic mass is 10.1. The van der Waals surface area contributed by atoms with E-state index in [0.29, 0.717) is 11.1 Å². The molecule has 70 valence electrons. The summed E-state index contributed by atoms with van der Waals surface area (Å²) in [7, 11) is 0. The van der Waals surface area contributed by atoms with Gasteiger partial charge in [0.2, 0.25) is 11.8 Å². The molecule has 0 aromatic heterocycles. The molecule has 0 spiro atoms. The zero-order chi connectivity index (χ0) is 9.14. The minimum Gasteiger partial charge on any atom is -0.412 e. The van der Waals surface area contributed by atoms with Gasteiger partial charge in [-0.15, -0.1) is 0 Å². The second-order valence-corrected chi connectivity index (χ2v) is 2.31. The Morgan fingerprint density at radius 1 is 0.846 bits per heavy atom. The maximum absolute atomic E-state index is 10.6. The van der Waals surface area contributed by atoms with Crippen LogP contribution in [-0.2, 0) is 0 Å². The number of nitrogens with two attached hydrogens (primary N) is 2. The second kappa shape index (κ2) is 4.22. The molecule has 0 heterocycles. The van der Waals surface area contributed by atoms with Crippen molar-refractivity contribution >= 4 is 11.8 Å². The number of carbonyl (C=O) groups is 2. The lowest BCUT2D eigenvalue weighted by Crippen LogP contribution is -2.13. The van der Waals surface area contributed by atoms with Gasteiger partial charge >= 0.3 is 0 Å². The van der Waals surface area contributed by atoms with Crippen molar-refractivity contribution in [1.82, 2.24) is 0 Å². The Kier molecular flexibility index (Phi) is 3.61. The van der Waals surface area contributed by atoms with Crippen LogP contribution in [0.1, 0.15) is 20.7 Å². The normalized spacial score (nSPS) is 8.62. The maximum atomic E-state index is 10.6. The summed E-state index contributed by atoms with van der Waals surface area (Å²) in [4.78, 5) is 21.2. The molecule has 0 saturated carbocycles. The van der Waals surface area contributed by atoms with Crippen LogP contribution in [0.15, 0.2) is 24.3 Å². The fourth-order valence-electron chi connectivity index (χ4n) is 0.799. The second-order valence-electron chi connectivity index (χ2n) is 2.31. The number of amides is 2. The molecular weight excluding hydrogens is 172 g/mol. The van der Waals surface area contributed by atoms with Crippen LogP contribution in [0.5, 0.6) is 0 Å². The predicted molar refractivity (Wildman–Crippen MR) is 47.1 cm³/mol. The topological polar surface area (TPSA) is 118 Å². The van der Waals surface area contributed by atoms with E-state index < -0.39 is 11.8 Å². The van der Waals surface area contributed by atoms with Gasteiger partial charge < -0.3 is 16.9 Å². The van der Waals surface area contributed by atoms with Crippen LogP contribution >= 0.6 is 0 Å². The number of benzene rings is 1. The first-order chi connectivity index (χ1) is 5.61. The van der Waals surface area contributed by atoms with Crippen molar-refractivity contribution in [3.8, 4) is 0 Å². The highest BCUT2D eigenvalue weighted by Crippen LogP contribution is 2.02. The van der Waals surface area contributed by atoms with E-state index in [1.807, 2.05) is 0 Å². The Morgan fingerprint density at radius 2 is 1.08 bits per heavy atom. The monoisotopic (exact) mass is 182 g/mol. The first-order valence-corrected chi connectivity index (χ1v) is 3.31. The predicted octanol–water partition coefficient (Wildman–Crippen LogP) is -0.940. The third kappa shape index (κ3) is 2.57. The van der Waals surface area contributed by atoms with Crippen molar-refractivity contribution in [3.63, 3.8) is 0 Å². The summed E-state index contributed by atoms with van der Waals surface area (Å²) >= 11 is 0. The van der Waals surface area contributed by atoms with Crippen molar-refractivity contribution in [2.45, 2.75) is 0 Å². The van der Waals surface area contributed by atoms with Crippen LogP contribution in [-0.4, -0.2) is 17.3 Å². The number of hydrogen-bond acceptors (Lipinski definition) is 2. The van der Waals surface area contributed by atoms with Gasteiger partial charge in [0.15, 0.2) is 0 Å². The highest BCUT2D eigenvalue weighted by Gasteiger charge is 2.02. The molecular formula is C8H10N2O3. The van der Waals surface area contributed by atoms with E-state index in [1.165, 1.54) is 24.3 Å². The quantitative estimate of drug-likeness (QED) is 0.613. The fraction of sp³-hybridized carbons (Fsp3) is 0. The Bertz CT molecular complexity index is 286. The molecule has 5 heteroatoms. The molecule has 1 rings (SSSR count). The zero-order valence-electron chi connectivity index (χ0n) is 6.78. The summed E-state index contributed by atoms with van der Waals surface area (Å²) in [6.07, 6.45) is 0. The van der Waals surface area contributed by atoms with E-state index in [-0.39, 0.29) is 5.48 Å². The summed E-state index contributed by atoms with van der Waals surface area (Å²) in [6, 6.07) is 5.84. The summed E-state index contributed by atoms with van der Waals surface area (Å²) in [5.41, 5.74) is 10.7. The van der Waals surface area contributed by atoms with Gasteiger partial charge in [-0.25, -0.2) is 0 Å². The van der Waals surface area contributed by atoms with E-state index in [0.717, 1.165) is 0 Å². The number of primary amides is 2. The highest BCUT2D eigenvalue weighted by atomic mass is 16.1. The summed E-state index contributed by atoms with van der Waals surface area (Å²) in [6.45, 7) is 0. The highest BCUT2D eigenvalue weighted by molar-refractivity contribution is 5.96. The van der Waals surface area contributed by atoms with Gasteiger partial charge in [0.1, 0.15) is 0 Å². The molecule has 1 aromatic rings. The molecule has 0 atom stereocenters. The van der Waals surface area contributed by atoms with Gasteiger partial charge in [0, 0.05) is 11.1 Å². The van der Waals surface area contributed by atoms with Crippen molar-refractivity contribution in [3.05, 3.63) is 35.4 Å². The smallest absolute Gasteiger partial charge is 0.248 e. The Morgan fingerprint density at radius 3 is 1.23 bits per heavy atom. The molecule has 1 aromatic carbocycles. The standard InChI is InChI=1S/C8H8N2O2.H2O/c9-7(11)5-1-2-6(4-3-5)8(10)12;/h1-4H,(H2,9,11)(H2,10,12);1H2. The van der Waals surface area contributed by atoms with E-state index in [4.69, 9.17) is 11.5 Å². The van der Waals surface area contributed by atoms with Gasteiger partial charge in [-0.05, 0) is 24.3 Å². The third-order valence-corrected chi connectivity index (χ3v) is 1.45. The maximum Gasteiger partial charge on any atom is 0.248 e. The largest absolute Gasteiger partial charge is 0.412 e. The zero-order valence-corrected chi connectivity index (χ0v) is 6.78. The minimum absolute atomic E-state index is 0. The molecule has 0 saturated heterocycles. The first kappa shape index (κ1) is 11.1. The van der Waals surface area contributed by atoms with Crippen LogP contribution in [0.2, 0.25) is 0 Å². The van der Waals surface area contributed by atoms with Crippen LogP contribution in [0.4, 0.5) is 0 Å². The summed E-state index contributed by atoms with van der Waals surface area (Å²) < 4.78 is 0.